The van der Waals surface area contributed by atoms with Crippen LogP contribution in [0.15, 0.2) is 24.3 Å². The smallest absolute Gasteiger partial charge is 0.241 e. The molecule has 4 nitrogen and oxygen atoms in total. The summed E-state index contributed by atoms with van der Waals surface area (Å²) in [6.45, 7) is 4.98. The molecular weight excluding hydrogens is 252 g/mol. The summed E-state index contributed by atoms with van der Waals surface area (Å²) >= 11 is 0. The molecule has 1 fully saturated rings. The molecule has 2 unspecified atom stereocenters. The average molecular weight is 276 g/mol. The molecule has 20 heavy (non-hydrogen) atoms. The molecular formula is C16H24N2O2. The Balaban J connectivity index is 2.30. The predicted molar refractivity (Wildman–Crippen MR) is 79.6 cm³/mol. The molecule has 0 bridgehead atoms. The number of benzene rings is 1. The highest BCUT2D eigenvalue weighted by Gasteiger charge is 2.39. The number of hydrogen-bond donors (Lipinski definition) is 1. The van der Waals surface area contributed by atoms with Gasteiger partial charge in [-0.25, -0.2) is 0 Å². The summed E-state index contributed by atoms with van der Waals surface area (Å²) in [6, 6.07) is 7.84. The zero-order chi connectivity index (χ0) is 14.5. The van der Waals surface area contributed by atoms with Crippen LogP contribution in [0.1, 0.15) is 44.8 Å². The third-order valence-corrected chi connectivity index (χ3v) is 3.73. The number of carbonyl (C=O) groups excluding carboxylic acids is 1. The van der Waals surface area contributed by atoms with Gasteiger partial charge in [0.25, 0.3) is 0 Å². The summed E-state index contributed by atoms with van der Waals surface area (Å²) < 4.78 is 5.44. The number of nitrogens with one attached hydrogen (secondary N) is 1. The lowest BCUT2D eigenvalue weighted by atomic mass is 10.1. The van der Waals surface area contributed by atoms with E-state index in [4.69, 9.17) is 4.74 Å². The number of ether oxygens (including phenoxy) is 1. The zero-order valence-corrected chi connectivity index (χ0v) is 12.6. The first kappa shape index (κ1) is 14.9. The Morgan fingerprint density at radius 2 is 2.00 bits per heavy atom. The van der Waals surface area contributed by atoms with Crippen LogP contribution in [0, 0.1) is 0 Å². The maximum atomic E-state index is 12.5. The highest BCUT2D eigenvalue weighted by Crippen LogP contribution is 2.32. The third kappa shape index (κ3) is 2.80. The molecule has 1 N–H and O–H groups in total. The van der Waals surface area contributed by atoms with Crippen molar-refractivity contribution < 1.29 is 9.53 Å². The SMILES string of the molecule is CCCC1NC(c2ccccc2OC)N(CCC)C1=O. The van der Waals surface area contributed by atoms with Gasteiger partial charge in [-0.15, -0.1) is 0 Å². The van der Waals surface area contributed by atoms with Crippen molar-refractivity contribution in [2.45, 2.75) is 45.3 Å². The van der Waals surface area contributed by atoms with E-state index in [1.807, 2.05) is 29.2 Å². The molecule has 0 aromatic heterocycles. The van der Waals surface area contributed by atoms with E-state index in [-0.39, 0.29) is 18.1 Å². The molecule has 110 valence electrons. The van der Waals surface area contributed by atoms with Gasteiger partial charge in [0, 0.05) is 12.1 Å². The van der Waals surface area contributed by atoms with Gasteiger partial charge in [0.15, 0.2) is 0 Å². The molecule has 0 aliphatic carbocycles. The van der Waals surface area contributed by atoms with E-state index in [0.29, 0.717) is 0 Å². The first-order chi connectivity index (χ1) is 9.72. The van der Waals surface area contributed by atoms with Crippen LogP contribution in [0.2, 0.25) is 0 Å². The van der Waals surface area contributed by atoms with Gasteiger partial charge in [-0.1, -0.05) is 38.5 Å². The van der Waals surface area contributed by atoms with Crippen molar-refractivity contribution in [2.75, 3.05) is 13.7 Å². The van der Waals surface area contributed by atoms with E-state index < -0.39 is 0 Å². The lowest BCUT2D eigenvalue weighted by molar-refractivity contribution is -0.130. The number of para-hydroxylation sites is 1. The molecule has 1 aliphatic rings. The fraction of sp³-hybridized carbons (Fsp3) is 0.562. The Labute approximate surface area is 121 Å². The fourth-order valence-corrected chi connectivity index (χ4v) is 2.80. The second-order valence-corrected chi connectivity index (χ2v) is 5.18. The van der Waals surface area contributed by atoms with Gasteiger partial charge in [0.2, 0.25) is 5.91 Å². The summed E-state index contributed by atoms with van der Waals surface area (Å²) in [6.07, 6.45) is 2.76. The molecule has 2 rings (SSSR count). The van der Waals surface area contributed by atoms with Crippen molar-refractivity contribution in [3.63, 3.8) is 0 Å². The van der Waals surface area contributed by atoms with E-state index in [9.17, 15) is 4.79 Å². The molecule has 0 spiro atoms. The van der Waals surface area contributed by atoms with Gasteiger partial charge in [0.05, 0.1) is 13.2 Å². The van der Waals surface area contributed by atoms with Gasteiger partial charge in [-0.3, -0.25) is 10.1 Å². The maximum absolute atomic E-state index is 12.5. The molecule has 0 radical (unpaired) electrons. The van der Waals surface area contributed by atoms with Crippen molar-refractivity contribution in [1.82, 2.24) is 10.2 Å². The first-order valence-electron chi connectivity index (χ1n) is 7.42. The molecule has 1 aliphatic heterocycles. The lowest BCUT2D eigenvalue weighted by Crippen LogP contribution is -2.31. The topological polar surface area (TPSA) is 41.6 Å². The Kier molecular flexibility index (Phi) is 5.01. The summed E-state index contributed by atoms with van der Waals surface area (Å²) in [7, 11) is 1.67. The quantitative estimate of drug-likeness (QED) is 0.868. The third-order valence-electron chi connectivity index (χ3n) is 3.73. The Bertz CT molecular complexity index is 462. The van der Waals surface area contributed by atoms with Crippen LogP contribution in [0.5, 0.6) is 5.75 Å². The number of nitrogens with zero attached hydrogens (tertiary/aromatic N) is 1. The molecule has 1 aromatic carbocycles. The van der Waals surface area contributed by atoms with Crippen LogP contribution < -0.4 is 10.1 Å². The van der Waals surface area contributed by atoms with Gasteiger partial charge in [-0.2, -0.15) is 0 Å². The monoisotopic (exact) mass is 276 g/mol. The summed E-state index contributed by atoms with van der Waals surface area (Å²) in [5, 5.41) is 3.46. The Morgan fingerprint density at radius 3 is 2.65 bits per heavy atom. The van der Waals surface area contributed by atoms with Crippen LogP contribution >= 0.6 is 0 Å². The van der Waals surface area contributed by atoms with Crippen molar-refractivity contribution in [3.8, 4) is 5.75 Å². The second kappa shape index (κ2) is 6.75. The van der Waals surface area contributed by atoms with Gasteiger partial charge < -0.3 is 9.64 Å². The summed E-state index contributed by atoms with van der Waals surface area (Å²) in [5.74, 6) is 1.04. The molecule has 1 aromatic rings. The highest BCUT2D eigenvalue weighted by molar-refractivity contribution is 5.84. The minimum Gasteiger partial charge on any atom is -0.496 e. The standard InChI is InChI=1S/C16H24N2O2/c1-4-8-13-16(19)18(11-5-2)15(17-13)12-9-6-7-10-14(12)20-3/h6-7,9-10,13,15,17H,4-5,8,11H2,1-3H3. The van der Waals surface area contributed by atoms with E-state index >= 15 is 0 Å². The summed E-state index contributed by atoms with van der Waals surface area (Å²) in [4.78, 5) is 14.4. The molecule has 1 amide bonds. The van der Waals surface area contributed by atoms with E-state index in [1.54, 1.807) is 7.11 Å². The molecule has 4 heteroatoms. The van der Waals surface area contributed by atoms with E-state index in [2.05, 4.69) is 19.2 Å². The Hall–Kier alpha value is -1.55. The number of rotatable bonds is 6. The predicted octanol–water partition coefficient (Wildman–Crippen LogP) is 2.70. The number of hydrogen-bond acceptors (Lipinski definition) is 3. The van der Waals surface area contributed by atoms with Crippen LogP contribution in [0.4, 0.5) is 0 Å². The van der Waals surface area contributed by atoms with Gasteiger partial charge in [-0.05, 0) is 18.9 Å². The van der Waals surface area contributed by atoms with Gasteiger partial charge >= 0.3 is 0 Å². The Morgan fingerprint density at radius 1 is 1.25 bits per heavy atom. The van der Waals surface area contributed by atoms with Crippen molar-refractivity contribution in [3.05, 3.63) is 29.8 Å². The van der Waals surface area contributed by atoms with Crippen LogP contribution in [0.3, 0.4) is 0 Å². The van der Waals surface area contributed by atoms with Crippen molar-refractivity contribution >= 4 is 5.91 Å². The van der Waals surface area contributed by atoms with Gasteiger partial charge in [0.1, 0.15) is 11.9 Å². The van der Waals surface area contributed by atoms with Crippen molar-refractivity contribution in [1.29, 1.82) is 0 Å². The van der Waals surface area contributed by atoms with Crippen molar-refractivity contribution in [2.24, 2.45) is 0 Å². The largest absolute Gasteiger partial charge is 0.496 e. The average Bonchev–Trinajstić information content (AvgIpc) is 2.77. The maximum Gasteiger partial charge on any atom is 0.241 e. The minimum absolute atomic E-state index is 0.0681. The van der Waals surface area contributed by atoms with E-state index in [0.717, 1.165) is 37.1 Å². The van der Waals surface area contributed by atoms with Crippen LogP contribution in [0.25, 0.3) is 0 Å². The highest BCUT2D eigenvalue weighted by atomic mass is 16.5. The lowest BCUT2D eigenvalue weighted by Gasteiger charge is -2.25. The zero-order valence-electron chi connectivity index (χ0n) is 12.6. The minimum atomic E-state index is -0.0739. The number of amides is 1. The molecule has 1 saturated heterocycles. The van der Waals surface area contributed by atoms with Crippen LogP contribution in [-0.4, -0.2) is 30.5 Å². The molecule has 0 saturated carbocycles. The first-order valence-corrected chi connectivity index (χ1v) is 7.42. The van der Waals surface area contributed by atoms with E-state index in [1.165, 1.54) is 0 Å². The van der Waals surface area contributed by atoms with Crippen LogP contribution in [-0.2, 0) is 4.79 Å². The number of methoxy groups -OCH3 is 1. The molecule has 1 heterocycles. The molecule has 2 atom stereocenters. The number of carbonyl (C=O) groups is 1. The fourth-order valence-electron chi connectivity index (χ4n) is 2.80. The summed E-state index contributed by atoms with van der Waals surface area (Å²) in [5.41, 5.74) is 1.04. The normalized spacial score (nSPS) is 22.4. The second-order valence-electron chi connectivity index (χ2n) is 5.18.